The van der Waals surface area contributed by atoms with Crippen LogP contribution in [0.1, 0.15) is 50.4 Å². The summed E-state index contributed by atoms with van der Waals surface area (Å²) in [5.74, 6) is -1.96. The predicted molar refractivity (Wildman–Crippen MR) is 72.1 cm³/mol. The maximum Gasteiger partial charge on any atom is 0.341 e. The zero-order valence-corrected chi connectivity index (χ0v) is 11.9. The Balaban J connectivity index is 2.71. The minimum Gasteiger partial charge on any atom is -0.459 e. The van der Waals surface area contributed by atoms with Gasteiger partial charge >= 0.3 is 11.9 Å². The summed E-state index contributed by atoms with van der Waals surface area (Å²) >= 11 is 0. The quantitative estimate of drug-likeness (QED) is 0.592. The zero-order chi connectivity index (χ0) is 15.1. The topological polar surface area (TPSA) is 52.6 Å². The van der Waals surface area contributed by atoms with Gasteiger partial charge in [-0.3, -0.25) is 4.79 Å². The molecule has 1 atom stereocenters. The van der Waals surface area contributed by atoms with Gasteiger partial charge in [0.05, 0.1) is 11.7 Å². The van der Waals surface area contributed by atoms with E-state index in [1.807, 2.05) is 6.92 Å². The highest BCUT2D eigenvalue weighted by Crippen LogP contribution is 2.18. The van der Waals surface area contributed by atoms with Gasteiger partial charge in [0.2, 0.25) is 0 Å². The van der Waals surface area contributed by atoms with Gasteiger partial charge in [0.15, 0.2) is 0 Å². The fraction of sp³-hybridized carbons (Fsp3) is 0.467. The molecule has 0 aliphatic rings. The van der Waals surface area contributed by atoms with E-state index >= 15 is 0 Å². The molecule has 5 heteroatoms. The Morgan fingerprint density at radius 3 is 2.60 bits per heavy atom. The van der Waals surface area contributed by atoms with Gasteiger partial charge in [-0.15, -0.1) is 0 Å². The van der Waals surface area contributed by atoms with E-state index in [9.17, 15) is 14.0 Å². The summed E-state index contributed by atoms with van der Waals surface area (Å²) in [6.07, 6.45) is 2.44. The van der Waals surface area contributed by atoms with Gasteiger partial charge in [0, 0.05) is 13.0 Å². The molecule has 1 unspecified atom stereocenters. The molecule has 1 aromatic carbocycles. The highest BCUT2D eigenvalue weighted by Gasteiger charge is 2.17. The molecule has 0 aliphatic heterocycles. The highest BCUT2D eigenvalue weighted by atomic mass is 19.1. The van der Waals surface area contributed by atoms with Crippen LogP contribution in [0.25, 0.3) is 0 Å². The second-order valence-corrected chi connectivity index (χ2v) is 4.59. The van der Waals surface area contributed by atoms with Crippen molar-refractivity contribution in [2.75, 3.05) is 0 Å². The van der Waals surface area contributed by atoms with Crippen molar-refractivity contribution in [2.24, 2.45) is 0 Å². The number of esters is 2. The lowest BCUT2D eigenvalue weighted by molar-refractivity contribution is -0.131. The highest BCUT2D eigenvalue weighted by molar-refractivity contribution is 5.90. The van der Waals surface area contributed by atoms with E-state index in [0.717, 1.165) is 25.3 Å². The van der Waals surface area contributed by atoms with Crippen LogP contribution in [0.3, 0.4) is 0 Å². The lowest BCUT2D eigenvalue weighted by Gasteiger charge is -2.13. The molecular weight excluding hydrogens is 263 g/mol. The van der Waals surface area contributed by atoms with Gasteiger partial charge in [-0.1, -0.05) is 19.8 Å². The average molecular weight is 282 g/mol. The molecule has 0 aromatic heterocycles. The molecule has 1 rings (SSSR count). The van der Waals surface area contributed by atoms with Crippen molar-refractivity contribution in [3.05, 3.63) is 29.6 Å². The first-order chi connectivity index (χ1) is 9.43. The Bertz CT molecular complexity index is 485. The third-order valence-corrected chi connectivity index (χ3v) is 2.69. The van der Waals surface area contributed by atoms with Crippen molar-refractivity contribution >= 4 is 11.9 Å². The van der Waals surface area contributed by atoms with E-state index in [-0.39, 0.29) is 17.4 Å². The fourth-order valence-corrected chi connectivity index (χ4v) is 1.69. The van der Waals surface area contributed by atoms with Crippen molar-refractivity contribution in [3.8, 4) is 5.75 Å². The monoisotopic (exact) mass is 282 g/mol. The van der Waals surface area contributed by atoms with Crippen LogP contribution in [0.2, 0.25) is 0 Å². The second kappa shape index (κ2) is 7.62. The predicted octanol–water partition coefficient (Wildman–Crippen LogP) is 3.49. The lowest BCUT2D eigenvalue weighted by atomic mass is 10.1. The van der Waals surface area contributed by atoms with E-state index in [0.29, 0.717) is 0 Å². The third kappa shape index (κ3) is 4.99. The first kappa shape index (κ1) is 16.1. The number of rotatable bonds is 6. The molecule has 0 saturated carbocycles. The van der Waals surface area contributed by atoms with Crippen molar-refractivity contribution in [1.29, 1.82) is 0 Å². The summed E-state index contributed by atoms with van der Waals surface area (Å²) in [6.45, 7) is 5.04. The van der Waals surface area contributed by atoms with Gasteiger partial charge in [-0.2, -0.15) is 0 Å². The van der Waals surface area contributed by atoms with Crippen LogP contribution >= 0.6 is 0 Å². The SMILES string of the molecule is CCCCC(C)OC(=O)c1ccc(OC(C)=O)cc1F. The van der Waals surface area contributed by atoms with Crippen LogP contribution in [-0.2, 0) is 9.53 Å². The van der Waals surface area contributed by atoms with E-state index < -0.39 is 17.8 Å². The Labute approximate surface area is 117 Å². The number of benzene rings is 1. The van der Waals surface area contributed by atoms with Crippen molar-refractivity contribution < 1.29 is 23.5 Å². The van der Waals surface area contributed by atoms with Crippen molar-refractivity contribution in [1.82, 2.24) is 0 Å². The van der Waals surface area contributed by atoms with Crippen LogP contribution in [0.15, 0.2) is 18.2 Å². The first-order valence-electron chi connectivity index (χ1n) is 6.63. The van der Waals surface area contributed by atoms with Gasteiger partial charge in [-0.05, 0) is 25.5 Å². The van der Waals surface area contributed by atoms with Crippen LogP contribution < -0.4 is 4.74 Å². The summed E-state index contributed by atoms with van der Waals surface area (Å²) in [6, 6.07) is 3.61. The van der Waals surface area contributed by atoms with Gasteiger partial charge in [0.1, 0.15) is 11.6 Å². The molecule has 20 heavy (non-hydrogen) atoms. The largest absolute Gasteiger partial charge is 0.459 e. The van der Waals surface area contributed by atoms with Crippen LogP contribution in [0.4, 0.5) is 4.39 Å². The van der Waals surface area contributed by atoms with Crippen LogP contribution in [-0.4, -0.2) is 18.0 Å². The summed E-state index contributed by atoms with van der Waals surface area (Å²) in [5.41, 5.74) is -0.163. The molecule has 0 fully saturated rings. The van der Waals surface area contributed by atoms with E-state index in [4.69, 9.17) is 9.47 Å². The van der Waals surface area contributed by atoms with Crippen LogP contribution in [0.5, 0.6) is 5.75 Å². The van der Waals surface area contributed by atoms with E-state index in [1.165, 1.54) is 19.1 Å². The first-order valence-corrected chi connectivity index (χ1v) is 6.63. The number of hydrogen-bond donors (Lipinski definition) is 0. The smallest absolute Gasteiger partial charge is 0.341 e. The Morgan fingerprint density at radius 1 is 1.35 bits per heavy atom. The minimum atomic E-state index is -0.767. The molecule has 0 bridgehead atoms. The van der Waals surface area contributed by atoms with E-state index in [1.54, 1.807) is 6.92 Å². The molecule has 0 heterocycles. The molecule has 0 radical (unpaired) electrons. The van der Waals surface area contributed by atoms with Gasteiger partial charge in [-0.25, -0.2) is 9.18 Å². The maximum atomic E-state index is 13.8. The number of carbonyl (C=O) groups excluding carboxylic acids is 2. The lowest BCUT2D eigenvalue weighted by Crippen LogP contribution is -2.16. The number of hydrogen-bond acceptors (Lipinski definition) is 4. The van der Waals surface area contributed by atoms with E-state index in [2.05, 4.69) is 0 Å². The number of unbranched alkanes of at least 4 members (excludes halogenated alkanes) is 1. The van der Waals surface area contributed by atoms with Crippen molar-refractivity contribution in [3.63, 3.8) is 0 Å². The molecule has 0 N–H and O–H groups in total. The number of ether oxygens (including phenoxy) is 2. The Hall–Kier alpha value is -1.91. The molecule has 0 aliphatic carbocycles. The molecule has 0 saturated heterocycles. The second-order valence-electron chi connectivity index (χ2n) is 4.59. The zero-order valence-electron chi connectivity index (χ0n) is 11.9. The average Bonchev–Trinajstić information content (AvgIpc) is 2.35. The number of carbonyl (C=O) groups is 2. The van der Waals surface area contributed by atoms with Crippen molar-refractivity contribution in [2.45, 2.75) is 46.1 Å². The molecule has 0 amide bonds. The third-order valence-electron chi connectivity index (χ3n) is 2.69. The fourth-order valence-electron chi connectivity index (χ4n) is 1.69. The summed E-state index contributed by atoms with van der Waals surface area (Å²) in [5, 5.41) is 0. The summed E-state index contributed by atoms with van der Waals surface area (Å²) in [4.78, 5) is 22.6. The summed E-state index contributed by atoms with van der Waals surface area (Å²) in [7, 11) is 0. The Morgan fingerprint density at radius 2 is 2.05 bits per heavy atom. The molecule has 110 valence electrons. The Kier molecular flexibility index (Phi) is 6.15. The molecule has 1 aromatic rings. The van der Waals surface area contributed by atoms with Gasteiger partial charge < -0.3 is 9.47 Å². The molecule has 0 spiro atoms. The number of halogens is 1. The standard InChI is InChI=1S/C15H19FO4/c1-4-5-6-10(2)19-15(18)13-8-7-12(9-14(13)16)20-11(3)17/h7-10H,4-6H2,1-3H3. The summed E-state index contributed by atoms with van der Waals surface area (Å²) < 4.78 is 23.6. The maximum absolute atomic E-state index is 13.8. The van der Waals surface area contributed by atoms with Gasteiger partial charge in [0.25, 0.3) is 0 Å². The molecular formula is C15H19FO4. The normalized spacial score (nSPS) is 11.8. The van der Waals surface area contributed by atoms with Crippen LogP contribution in [0, 0.1) is 5.82 Å². The minimum absolute atomic E-state index is 0.0607. The molecule has 4 nitrogen and oxygen atoms in total.